The molecule has 0 unspecified atom stereocenters. The van der Waals surface area contributed by atoms with E-state index in [9.17, 15) is 13.6 Å². The van der Waals surface area contributed by atoms with Gasteiger partial charge in [-0.15, -0.1) is 0 Å². The van der Waals surface area contributed by atoms with E-state index in [1.165, 1.54) is 12.1 Å². The molecule has 4 nitrogen and oxygen atoms in total. The van der Waals surface area contributed by atoms with Gasteiger partial charge in [0.1, 0.15) is 11.6 Å². The van der Waals surface area contributed by atoms with Gasteiger partial charge in [0.05, 0.1) is 22.3 Å². The SMILES string of the molecule is O=C(C1CC1)N(Cc1ccc(F)cc1F)C[C@@H]1CC(c2ccc(Cl)c(Cl)c2)=NO1. The lowest BCUT2D eigenvalue weighted by atomic mass is 10.0. The summed E-state index contributed by atoms with van der Waals surface area (Å²) in [5.41, 5.74) is 1.77. The summed E-state index contributed by atoms with van der Waals surface area (Å²) in [6.45, 7) is 0.323. The normalized spacial score (nSPS) is 18.3. The minimum Gasteiger partial charge on any atom is -0.390 e. The Bertz CT molecular complexity index is 979. The molecule has 1 heterocycles. The number of nitrogens with zero attached hydrogens (tertiary/aromatic N) is 2. The maximum absolute atomic E-state index is 14.1. The maximum Gasteiger partial charge on any atom is 0.226 e. The number of hydrogen-bond acceptors (Lipinski definition) is 3. The van der Waals surface area contributed by atoms with Crippen LogP contribution in [0.15, 0.2) is 41.6 Å². The van der Waals surface area contributed by atoms with Crippen LogP contribution in [0.25, 0.3) is 0 Å². The minimum absolute atomic E-state index is 0.0321. The van der Waals surface area contributed by atoms with E-state index in [4.69, 9.17) is 28.0 Å². The molecule has 152 valence electrons. The molecule has 2 aromatic carbocycles. The van der Waals surface area contributed by atoms with Crippen molar-refractivity contribution in [3.63, 3.8) is 0 Å². The molecule has 0 saturated heterocycles. The van der Waals surface area contributed by atoms with Crippen LogP contribution in [0.4, 0.5) is 8.78 Å². The van der Waals surface area contributed by atoms with Crippen LogP contribution in [0.1, 0.15) is 30.4 Å². The van der Waals surface area contributed by atoms with E-state index in [0.29, 0.717) is 22.2 Å². The Balaban J connectivity index is 1.45. The molecular weight excluding hydrogens is 421 g/mol. The number of carbonyl (C=O) groups excluding carboxylic acids is 1. The smallest absolute Gasteiger partial charge is 0.226 e. The lowest BCUT2D eigenvalue weighted by Crippen LogP contribution is -2.38. The van der Waals surface area contributed by atoms with Crippen molar-refractivity contribution < 1.29 is 18.4 Å². The van der Waals surface area contributed by atoms with Gasteiger partial charge in [0.2, 0.25) is 5.91 Å². The van der Waals surface area contributed by atoms with Gasteiger partial charge >= 0.3 is 0 Å². The third kappa shape index (κ3) is 4.70. The van der Waals surface area contributed by atoms with Crippen molar-refractivity contribution in [3.8, 4) is 0 Å². The monoisotopic (exact) mass is 438 g/mol. The molecule has 1 saturated carbocycles. The Labute approximate surface area is 177 Å². The first kappa shape index (κ1) is 20.1. The van der Waals surface area contributed by atoms with Crippen LogP contribution in [0.3, 0.4) is 0 Å². The van der Waals surface area contributed by atoms with Gasteiger partial charge in [-0.1, -0.05) is 40.5 Å². The van der Waals surface area contributed by atoms with Crippen LogP contribution in [-0.2, 0) is 16.2 Å². The summed E-state index contributed by atoms with van der Waals surface area (Å²) in [5, 5.41) is 5.00. The summed E-state index contributed by atoms with van der Waals surface area (Å²) in [6, 6.07) is 8.60. The summed E-state index contributed by atoms with van der Waals surface area (Å²) < 4.78 is 27.3. The first-order chi connectivity index (χ1) is 13.9. The van der Waals surface area contributed by atoms with Crippen molar-refractivity contribution in [2.75, 3.05) is 6.54 Å². The number of benzene rings is 2. The second kappa shape index (κ2) is 8.28. The minimum atomic E-state index is -0.668. The number of amides is 1. The van der Waals surface area contributed by atoms with Crippen molar-refractivity contribution in [1.82, 2.24) is 4.90 Å². The summed E-state index contributed by atoms with van der Waals surface area (Å²) in [6.07, 6.45) is 1.79. The number of rotatable bonds is 6. The molecule has 0 spiro atoms. The highest BCUT2D eigenvalue weighted by Crippen LogP contribution is 2.32. The Morgan fingerprint density at radius 1 is 1.14 bits per heavy atom. The molecular formula is C21H18Cl2F2N2O2. The fraction of sp³-hybridized carbons (Fsp3) is 0.333. The van der Waals surface area contributed by atoms with E-state index in [1.807, 2.05) is 0 Å². The number of oxime groups is 1. The molecule has 0 aromatic heterocycles. The molecule has 1 fully saturated rings. The zero-order valence-corrected chi connectivity index (χ0v) is 16.9. The third-order valence-corrected chi connectivity index (χ3v) is 5.76. The maximum atomic E-state index is 14.1. The van der Waals surface area contributed by atoms with Crippen LogP contribution in [0.5, 0.6) is 0 Å². The van der Waals surface area contributed by atoms with Crippen LogP contribution in [0.2, 0.25) is 10.0 Å². The summed E-state index contributed by atoms with van der Waals surface area (Å²) in [5.74, 6) is -1.39. The van der Waals surface area contributed by atoms with E-state index in [1.54, 1.807) is 23.1 Å². The van der Waals surface area contributed by atoms with Gasteiger partial charge in [0, 0.05) is 36.1 Å². The number of carbonyl (C=O) groups is 1. The predicted octanol–water partition coefficient (Wildman–Crippen LogP) is 5.20. The third-order valence-electron chi connectivity index (χ3n) is 5.02. The van der Waals surface area contributed by atoms with E-state index < -0.39 is 11.6 Å². The van der Waals surface area contributed by atoms with Crippen LogP contribution >= 0.6 is 23.2 Å². The first-order valence-corrected chi connectivity index (χ1v) is 10.1. The summed E-state index contributed by atoms with van der Waals surface area (Å²) in [4.78, 5) is 19.8. The van der Waals surface area contributed by atoms with E-state index in [0.717, 1.165) is 24.5 Å². The number of hydrogen-bond donors (Lipinski definition) is 0. The van der Waals surface area contributed by atoms with Crippen molar-refractivity contribution >= 4 is 34.8 Å². The van der Waals surface area contributed by atoms with Gasteiger partial charge in [-0.25, -0.2) is 8.78 Å². The number of halogens is 4. The van der Waals surface area contributed by atoms with Gasteiger partial charge in [-0.3, -0.25) is 4.79 Å². The Morgan fingerprint density at radius 2 is 1.93 bits per heavy atom. The van der Waals surface area contributed by atoms with Crippen molar-refractivity contribution in [2.45, 2.75) is 31.9 Å². The molecule has 1 aliphatic carbocycles. The summed E-state index contributed by atoms with van der Waals surface area (Å²) >= 11 is 12.0. The van der Waals surface area contributed by atoms with Crippen LogP contribution < -0.4 is 0 Å². The molecule has 2 aliphatic rings. The van der Waals surface area contributed by atoms with E-state index in [-0.39, 0.29) is 36.6 Å². The van der Waals surface area contributed by atoms with Gasteiger partial charge in [-0.05, 0) is 31.0 Å². The lowest BCUT2D eigenvalue weighted by Gasteiger charge is -2.25. The van der Waals surface area contributed by atoms with Crippen molar-refractivity contribution in [3.05, 3.63) is 69.2 Å². The van der Waals surface area contributed by atoms with Gasteiger partial charge in [0.25, 0.3) is 0 Å². The molecule has 0 radical (unpaired) electrons. The molecule has 1 aliphatic heterocycles. The predicted molar refractivity (Wildman–Crippen MR) is 107 cm³/mol. The average Bonchev–Trinajstić information content (AvgIpc) is 3.44. The highest BCUT2D eigenvalue weighted by atomic mass is 35.5. The molecule has 29 heavy (non-hydrogen) atoms. The molecule has 1 amide bonds. The second-order valence-corrected chi connectivity index (χ2v) is 8.14. The van der Waals surface area contributed by atoms with Crippen LogP contribution in [-0.4, -0.2) is 29.2 Å². The zero-order valence-electron chi connectivity index (χ0n) is 15.4. The van der Waals surface area contributed by atoms with Gasteiger partial charge < -0.3 is 9.74 Å². The van der Waals surface area contributed by atoms with E-state index in [2.05, 4.69) is 5.16 Å². The highest BCUT2D eigenvalue weighted by molar-refractivity contribution is 6.42. The van der Waals surface area contributed by atoms with Crippen molar-refractivity contribution in [2.24, 2.45) is 11.1 Å². The van der Waals surface area contributed by atoms with Crippen LogP contribution in [0, 0.1) is 17.6 Å². The Hall–Kier alpha value is -2.18. The topological polar surface area (TPSA) is 41.9 Å². The molecule has 2 aromatic rings. The fourth-order valence-corrected chi connectivity index (χ4v) is 3.59. The zero-order chi connectivity index (χ0) is 20.5. The average molecular weight is 439 g/mol. The van der Waals surface area contributed by atoms with Gasteiger partial charge in [0.15, 0.2) is 6.10 Å². The fourth-order valence-electron chi connectivity index (χ4n) is 3.29. The standard InChI is InChI=1S/C21H18Cl2F2N2O2/c22-17-6-4-13(7-18(17)23)20-9-16(29-26-20)11-27(21(28)12-1-2-12)10-14-3-5-15(24)8-19(14)25/h3-8,12,16H,1-2,9-11H2/t16-/m0/s1. The molecule has 0 N–H and O–H groups in total. The largest absolute Gasteiger partial charge is 0.390 e. The molecule has 8 heteroatoms. The first-order valence-electron chi connectivity index (χ1n) is 9.31. The quantitative estimate of drug-likeness (QED) is 0.621. The Kier molecular flexibility index (Phi) is 5.74. The van der Waals surface area contributed by atoms with E-state index >= 15 is 0 Å². The van der Waals surface area contributed by atoms with Gasteiger partial charge in [-0.2, -0.15) is 0 Å². The second-order valence-electron chi connectivity index (χ2n) is 7.33. The highest BCUT2D eigenvalue weighted by Gasteiger charge is 2.36. The lowest BCUT2D eigenvalue weighted by molar-refractivity contribution is -0.135. The molecule has 0 bridgehead atoms. The van der Waals surface area contributed by atoms with Crippen molar-refractivity contribution in [1.29, 1.82) is 0 Å². The molecule has 4 rings (SSSR count). The Morgan fingerprint density at radius 3 is 2.62 bits per heavy atom. The summed E-state index contributed by atoms with van der Waals surface area (Å²) in [7, 11) is 0. The molecule has 1 atom stereocenters.